The normalized spacial score (nSPS) is 9.96. The number of carboxylic acids is 1. The standard InChI is InChI=1S/C23H30O5/c1-4-7-10-12-15-27-21-18-19(23(24)25)17-20(26-14-9-6-3)22(21)28-16-13-11-8-5-2/h1-2,17-18H,6-16H2,3H3,(H,24,25). The van der Waals surface area contributed by atoms with Gasteiger partial charge < -0.3 is 19.3 Å². The van der Waals surface area contributed by atoms with Crippen molar-refractivity contribution in [3.05, 3.63) is 17.7 Å². The Labute approximate surface area is 168 Å². The summed E-state index contributed by atoms with van der Waals surface area (Å²) in [6, 6.07) is 2.97. The molecule has 0 aliphatic rings. The lowest BCUT2D eigenvalue weighted by Crippen LogP contribution is -2.08. The molecule has 0 aromatic heterocycles. The van der Waals surface area contributed by atoms with Crippen LogP contribution in [0, 0.1) is 24.7 Å². The summed E-state index contributed by atoms with van der Waals surface area (Å²) in [7, 11) is 0. The Morgan fingerprint density at radius 1 is 0.893 bits per heavy atom. The van der Waals surface area contributed by atoms with Crippen LogP contribution in [0.25, 0.3) is 0 Å². The van der Waals surface area contributed by atoms with E-state index in [0.717, 1.165) is 38.5 Å². The minimum atomic E-state index is -1.04. The van der Waals surface area contributed by atoms with Gasteiger partial charge in [-0.15, -0.1) is 24.7 Å². The maximum atomic E-state index is 11.5. The summed E-state index contributed by atoms with van der Waals surface area (Å²) in [5.41, 5.74) is 0.102. The van der Waals surface area contributed by atoms with Gasteiger partial charge in [-0.05, 0) is 44.2 Å². The SMILES string of the molecule is C#CCCCCOc1cc(C(=O)O)cc(OCCCC)c1OCCCCC#C. The summed E-state index contributed by atoms with van der Waals surface area (Å²) in [5.74, 6) is 5.37. The lowest BCUT2D eigenvalue weighted by molar-refractivity contribution is 0.0695. The summed E-state index contributed by atoms with van der Waals surface area (Å²) in [6.45, 7) is 3.41. The van der Waals surface area contributed by atoms with E-state index in [0.29, 0.717) is 49.9 Å². The van der Waals surface area contributed by atoms with Crippen LogP contribution >= 0.6 is 0 Å². The third-order valence-corrected chi connectivity index (χ3v) is 3.96. The number of aromatic carboxylic acids is 1. The van der Waals surface area contributed by atoms with Crippen molar-refractivity contribution in [3.63, 3.8) is 0 Å². The second kappa shape index (κ2) is 14.3. The van der Waals surface area contributed by atoms with Crippen molar-refractivity contribution in [1.82, 2.24) is 0 Å². The van der Waals surface area contributed by atoms with Gasteiger partial charge in [0, 0.05) is 12.8 Å². The van der Waals surface area contributed by atoms with Gasteiger partial charge in [-0.1, -0.05) is 13.3 Å². The number of carbonyl (C=O) groups is 1. The first-order valence-electron chi connectivity index (χ1n) is 9.80. The van der Waals surface area contributed by atoms with E-state index in [-0.39, 0.29) is 5.56 Å². The molecule has 152 valence electrons. The van der Waals surface area contributed by atoms with Crippen molar-refractivity contribution in [3.8, 4) is 41.9 Å². The zero-order valence-electron chi connectivity index (χ0n) is 16.7. The van der Waals surface area contributed by atoms with Gasteiger partial charge in [-0.2, -0.15) is 0 Å². The van der Waals surface area contributed by atoms with Crippen LogP contribution in [0.3, 0.4) is 0 Å². The van der Waals surface area contributed by atoms with Gasteiger partial charge in [0.05, 0.1) is 25.4 Å². The van der Waals surface area contributed by atoms with E-state index in [2.05, 4.69) is 18.8 Å². The summed E-state index contributed by atoms with van der Waals surface area (Å²) < 4.78 is 17.5. The van der Waals surface area contributed by atoms with E-state index < -0.39 is 5.97 Å². The lowest BCUT2D eigenvalue weighted by Gasteiger charge is -2.18. The third kappa shape index (κ3) is 8.73. The molecule has 0 spiro atoms. The molecular weight excluding hydrogens is 356 g/mol. The first kappa shape index (κ1) is 23.2. The molecule has 0 radical (unpaired) electrons. The molecule has 0 atom stereocenters. The number of carboxylic acid groups (broad SMARTS) is 1. The van der Waals surface area contributed by atoms with Crippen LogP contribution < -0.4 is 14.2 Å². The number of rotatable bonds is 15. The zero-order chi connectivity index (χ0) is 20.6. The third-order valence-electron chi connectivity index (χ3n) is 3.96. The van der Waals surface area contributed by atoms with Crippen LogP contribution in [-0.2, 0) is 0 Å². The maximum Gasteiger partial charge on any atom is 0.335 e. The number of terminal acetylenes is 2. The van der Waals surface area contributed by atoms with E-state index in [9.17, 15) is 9.90 Å². The van der Waals surface area contributed by atoms with Gasteiger partial charge in [0.15, 0.2) is 11.5 Å². The van der Waals surface area contributed by atoms with Gasteiger partial charge in [-0.25, -0.2) is 4.79 Å². The maximum absolute atomic E-state index is 11.5. The molecule has 0 fully saturated rings. The molecule has 0 saturated carbocycles. The Hall–Kier alpha value is -2.79. The number of ether oxygens (including phenoxy) is 3. The Bertz CT molecular complexity index is 681. The smallest absolute Gasteiger partial charge is 0.335 e. The molecule has 0 heterocycles. The molecule has 0 amide bonds. The fraction of sp³-hybridized carbons (Fsp3) is 0.522. The Morgan fingerprint density at radius 2 is 1.39 bits per heavy atom. The summed E-state index contributed by atoms with van der Waals surface area (Å²) >= 11 is 0. The van der Waals surface area contributed by atoms with Gasteiger partial charge >= 0.3 is 5.97 Å². The molecule has 5 nitrogen and oxygen atoms in total. The zero-order valence-corrected chi connectivity index (χ0v) is 16.7. The van der Waals surface area contributed by atoms with Crippen LogP contribution in [-0.4, -0.2) is 30.9 Å². The number of hydrogen-bond acceptors (Lipinski definition) is 4. The first-order chi connectivity index (χ1) is 13.6. The van der Waals surface area contributed by atoms with Crippen molar-refractivity contribution in [1.29, 1.82) is 0 Å². The van der Waals surface area contributed by atoms with Crippen LogP contribution in [0.5, 0.6) is 17.2 Å². The molecule has 1 N–H and O–H groups in total. The Balaban J connectivity index is 2.98. The highest BCUT2D eigenvalue weighted by molar-refractivity contribution is 5.89. The second-order valence-electron chi connectivity index (χ2n) is 6.33. The summed E-state index contributed by atoms with van der Waals surface area (Å²) in [4.78, 5) is 11.5. The lowest BCUT2D eigenvalue weighted by atomic mass is 10.1. The van der Waals surface area contributed by atoms with Crippen molar-refractivity contribution >= 4 is 5.97 Å². The molecule has 1 rings (SSSR count). The van der Waals surface area contributed by atoms with Crippen molar-refractivity contribution in [2.75, 3.05) is 19.8 Å². The molecule has 28 heavy (non-hydrogen) atoms. The summed E-state index contributed by atoms with van der Waals surface area (Å²) in [6.07, 6.45) is 17.0. The first-order valence-corrected chi connectivity index (χ1v) is 9.80. The molecular formula is C23H30O5. The second-order valence-corrected chi connectivity index (χ2v) is 6.33. The predicted octanol–water partition coefficient (Wildman–Crippen LogP) is 4.93. The molecule has 0 aliphatic heterocycles. The van der Waals surface area contributed by atoms with E-state index in [1.807, 2.05) is 0 Å². The van der Waals surface area contributed by atoms with Crippen LogP contribution in [0.2, 0.25) is 0 Å². The molecule has 1 aromatic rings. The average Bonchev–Trinajstić information content (AvgIpc) is 2.68. The van der Waals surface area contributed by atoms with E-state index in [4.69, 9.17) is 27.1 Å². The quantitative estimate of drug-likeness (QED) is 0.342. The fourth-order valence-electron chi connectivity index (χ4n) is 2.40. The van der Waals surface area contributed by atoms with Crippen molar-refractivity contribution in [2.45, 2.75) is 58.3 Å². The highest BCUT2D eigenvalue weighted by atomic mass is 16.5. The van der Waals surface area contributed by atoms with Crippen LogP contribution in [0.15, 0.2) is 12.1 Å². The Kier molecular flexibility index (Phi) is 11.9. The van der Waals surface area contributed by atoms with E-state index in [1.165, 1.54) is 12.1 Å². The van der Waals surface area contributed by atoms with Gasteiger partial charge in [0.2, 0.25) is 5.75 Å². The minimum Gasteiger partial charge on any atom is -0.490 e. The molecule has 1 aromatic carbocycles. The van der Waals surface area contributed by atoms with E-state index >= 15 is 0 Å². The highest BCUT2D eigenvalue weighted by Gasteiger charge is 2.18. The van der Waals surface area contributed by atoms with Crippen LogP contribution in [0.1, 0.15) is 68.6 Å². The number of benzene rings is 1. The van der Waals surface area contributed by atoms with Crippen LogP contribution in [0.4, 0.5) is 0 Å². The van der Waals surface area contributed by atoms with Gasteiger partial charge in [0.25, 0.3) is 0 Å². The molecule has 5 heteroatoms. The number of hydrogen-bond donors (Lipinski definition) is 1. The summed E-state index contributed by atoms with van der Waals surface area (Å²) in [5, 5.41) is 9.42. The minimum absolute atomic E-state index is 0.102. The fourth-order valence-corrected chi connectivity index (χ4v) is 2.40. The monoisotopic (exact) mass is 386 g/mol. The van der Waals surface area contributed by atoms with Gasteiger partial charge in [0.1, 0.15) is 0 Å². The van der Waals surface area contributed by atoms with Gasteiger partial charge in [-0.3, -0.25) is 0 Å². The molecule has 0 aliphatic carbocycles. The molecule has 0 bridgehead atoms. The molecule has 0 saturated heterocycles. The average molecular weight is 386 g/mol. The largest absolute Gasteiger partial charge is 0.490 e. The predicted molar refractivity (Wildman–Crippen MR) is 110 cm³/mol. The molecule has 0 unspecified atom stereocenters. The highest BCUT2D eigenvalue weighted by Crippen LogP contribution is 2.39. The topological polar surface area (TPSA) is 65.0 Å². The Morgan fingerprint density at radius 3 is 1.86 bits per heavy atom. The van der Waals surface area contributed by atoms with Crippen molar-refractivity contribution < 1.29 is 24.1 Å². The van der Waals surface area contributed by atoms with Crippen molar-refractivity contribution in [2.24, 2.45) is 0 Å². The number of unbranched alkanes of at least 4 members (excludes halogenated alkanes) is 5. The van der Waals surface area contributed by atoms with E-state index in [1.54, 1.807) is 0 Å².